The zero-order valence-electron chi connectivity index (χ0n) is 18.8. The van der Waals surface area contributed by atoms with Crippen molar-refractivity contribution in [1.82, 2.24) is 14.9 Å². The number of nitrogens with one attached hydrogen (secondary N) is 2. The molecule has 170 valence electrons. The van der Waals surface area contributed by atoms with E-state index in [1.165, 1.54) is 0 Å². The van der Waals surface area contributed by atoms with Crippen LogP contribution in [0.3, 0.4) is 0 Å². The van der Waals surface area contributed by atoms with E-state index in [4.69, 9.17) is 0 Å². The second-order valence-corrected chi connectivity index (χ2v) is 8.57. The van der Waals surface area contributed by atoms with Crippen molar-refractivity contribution in [2.75, 3.05) is 5.32 Å². The highest BCUT2D eigenvalue weighted by Gasteiger charge is 2.37. The van der Waals surface area contributed by atoms with Gasteiger partial charge in [-0.1, -0.05) is 60.7 Å². The molecule has 6 nitrogen and oxygen atoms in total. The Kier molecular flexibility index (Phi) is 5.11. The SMILES string of the molecule is O=C(Nc1ccc(-c2nc3ccccc3[nH]2)cc1)[C@@H](c1ccccc1)N1Cc2ccccc2C1=O. The molecular formula is C29H22N4O2. The number of carbonyl (C=O) groups is 2. The Labute approximate surface area is 202 Å². The second-order valence-electron chi connectivity index (χ2n) is 8.57. The first-order valence-corrected chi connectivity index (χ1v) is 11.5. The monoisotopic (exact) mass is 458 g/mol. The lowest BCUT2D eigenvalue weighted by atomic mass is 10.0. The lowest BCUT2D eigenvalue weighted by molar-refractivity contribution is -0.120. The van der Waals surface area contributed by atoms with E-state index in [9.17, 15) is 9.59 Å². The van der Waals surface area contributed by atoms with Gasteiger partial charge in [-0.2, -0.15) is 0 Å². The Bertz CT molecular complexity index is 1510. The summed E-state index contributed by atoms with van der Waals surface area (Å²) in [5.41, 5.74) is 5.80. The fourth-order valence-corrected chi connectivity index (χ4v) is 4.61. The van der Waals surface area contributed by atoms with Crippen molar-refractivity contribution < 1.29 is 9.59 Å². The van der Waals surface area contributed by atoms with Crippen LogP contribution in [0.25, 0.3) is 22.4 Å². The van der Waals surface area contributed by atoms with Gasteiger partial charge in [-0.05, 0) is 53.6 Å². The first-order chi connectivity index (χ1) is 17.2. The van der Waals surface area contributed by atoms with Crippen LogP contribution < -0.4 is 5.32 Å². The van der Waals surface area contributed by atoms with E-state index < -0.39 is 6.04 Å². The number of amides is 2. The van der Waals surface area contributed by atoms with Gasteiger partial charge < -0.3 is 15.2 Å². The van der Waals surface area contributed by atoms with E-state index in [-0.39, 0.29) is 11.8 Å². The molecule has 0 saturated heterocycles. The van der Waals surface area contributed by atoms with Crippen molar-refractivity contribution in [2.45, 2.75) is 12.6 Å². The zero-order valence-corrected chi connectivity index (χ0v) is 18.8. The number of para-hydroxylation sites is 2. The van der Waals surface area contributed by atoms with Gasteiger partial charge in [0.2, 0.25) is 0 Å². The smallest absolute Gasteiger partial charge is 0.255 e. The number of aromatic amines is 1. The predicted octanol–water partition coefficient (Wildman–Crippen LogP) is 5.57. The zero-order chi connectivity index (χ0) is 23.8. The molecule has 6 heteroatoms. The molecule has 0 spiro atoms. The number of rotatable bonds is 5. The summed E-state index contributed by atoms with van der Waals surface area (Å²) in [6.45, 7) is 0.396. The van der Waals surface area contributed by atoms with Crippen LogP contribution >= 0.6 is 0 Å². The minimum Gasteiger partial charge on any atom is -0.338 e. The van der Waals surface area contributed by atoms with Gasteiger partial charge in [0.1, 0.15) is 11.9 Å². The number of imidazole rings is 1. The van der Waals surface area contributed by atoms with Gasteiger partial charge >= 0.3 is 0 Å². The number of H-pyrrole nitrogens is 1. The van der Waals surface area contributed by atoms with Crippen molar-refractivity contribution in [1.29, 1.82) is 0 Å². The van der Waals surface area contributed by atoms with Crippen LogP contribution in [-0.4, -0.2) is 26.7 Å². The third-order valence-electron chi connectivity index (χ3n) is 6.34. The number of nitrogens with zero attached hydrogens (tertiary/aromatic N) is 2. The molecule has 2 amide bonds. The molecule has 4 aromatic carbocycles. The Hall–Kier alpha value is -4.71. The molecule has 1 atom stereocenters. The molecule has 0 bridgehead atoms. The van der Waals surface area contributed by atoms with Crippen LogP contribution in [0, 0.1) is 0 Å². The maximum atomic E-state index is 13.5. The van der Waals surface area contributed by atoms with Crippen molar-refractivity contribution >= 4 is 28.5 Å². The average Bonchev–Trinajstić information content (AvgIpc) is 3.47. The molecule has 2 N–H and O–H groups in total. The van der Waals surface area contributed by atoms with Crippen LogP contribution in [0.4, 0.5) is 5.69 Å². The average molecular weight is 459 g/mol. The standard InChI is InChI=1S/C29H22N4O2/c34-28(30-22-16-14-20(15-17-22)27-31-24-12-6-7-13-25(24)32-27)26(19-8-2-1-3-9-19)33-18-21-10-4-5-11-23(21)29(33)35/h1-17,26H,18H2,(H,30,34)(H,31,32)/t26-/m1/s1. The highest BCUT2D eigenvalue weighted by Crippen LogP contribution is 2.32. The molecule has 1 aromatic heterocycles. The predicted molar refractivity (Wildman–Crippen MR) is 136 cm³/mol. The Morgan fingerprint density at radius 3 is 2.34 bits per heavy atom. The van der Waals surface area contributed by atoms with Crippen LogP contribution in [0.2, 0.25) is 0 Å². The number of hydrogen-bond donors (Lipinski definition) is 2. The number of aromatic nitrogens is 2. The van der Waals surface area contributed by atoms with Crippen LogP contribution in [-0.2, 0) is 11.3 Å². The van der Waals surface area contributed by atoms with Crippen molar-refractivity contribution in [3.8, 4) is 11.4 Å². The van der Waals surface area contributed by atoms with E-state index in [0.717, 1.165) is 33.5 Å². The summed E-state index contributed by atoms with van der Waals surface area (Å²) in [4.78, 5) is 36.3. The Balaban J connectivity index is 1.26. The highest BCUT2D eigenvalue weighted by molar-refractivity contribution is 6.04. The molecular weight excluding hydrogens is 436 g/mol. The third-order valence-corrected chi connectivity index (χ3v) is 6.34. The minimum atomic E-state index is -0.744. The van der Waals surface area contributed by atoms with E-state index >= 15 is 0 Å². The quantitative estimate of drug-likeness (QED) is 0.362. The van der Waals surface area contributed by atoms with Gasteiger partial charge in [-0.3, -0.25) is 9.59 Å². The van der Waals surface area contributed by atoms with Crippen molar-refractivity contribution in [3.63, 3.8) is 0 Å². The summed E-state index contributed by atoms with van der Waals surface area (Å²) in [6.07, 6.45) is 0. The van der Waals surface area contributed by atoms with Gasteiger partial charge in [-0.25, -0.2) is 4.98 Å². The molecule has 0 fully saturated rings. The molecule has 0 unspecified atom stereocenters. The number of hydrogen-bond acceptors (Lipinski definition) is 3. The lowest BCUT2D eigenvalue weighted by Gasteiger charge is -2.27. The largest absolute Gasteiger partial charge is 0.338 e. The summed E-state index contributed by atoms with van der Waals surface area (Å²) >= 11 is 0. The van der Waals surface area contributed by atoms with Crippen molar-refractivity contribution in [2.24, 2.45) is 0 Å². The number of carbonyl (C=O) groups excluding carboxylic acids is 2. The molecule has 2 heterocycles. The molecule has 1 aliphatic heterocycles. The fraction of sp³-hybridized carbons (Fsp3) is 0.0690. The summed E-state index contributed by atoms with van der Waals surface area (Å²) in [6, 6.07) is 31.6. The van der Waals surface area contributed by atoms with Crippen molar-refractivity contribution in [3.05, 3.63) is 120 Å². The highest BCUT2D eigenvalue weighted by atomic mass is 16.2. The van der Waals surface area contributed by atoms with Crippen LogP contribution in [0.15, 0.2) is 103 Å². The number of fused-ring (bicyclic) bond motifs is 2. The molecule has 0 aliphatic carbocycles. The molecule has 1 aliphatic rings. The Morgan fingerprint density at radius 1 is 0.857 bits per heavy atom. The van der Waals surface area contributed by atoms with Crippen LogP contribution in [0.1, 0.15) is 27.5 Å². The van der Waals surface area contributed by atoms with Gasteiger partial charge in [0.15, 0.2) is 0 Å². The van der Waals surface area contributed by atoms with Gasteiger partial charge in [0.05, 0.1) is 11.0 Å². The summed E-state index contributed by atoms with van der Waals surface area (Å²) < 4.78 is 0. The lowest BCUT2D eigenvalue weighted by Crippen LogP contribution is -2.37. The number of anilines is 1. The van der Waals surface area contributed by atoms with E-state index in [2.05, 4.69) is 15.3 Å². The molecule has 5 aromatic rings. The molecule has 0 radical (unpaired) electrons. The molecule has 6 rings (SSSR count). The normalized spacial score (nSPS) is 13.6. The maximum Gasteiger partial charge on any atom is 0.255 e. The maximum absolute atomic E-state index is 13.5. The van der Waals surface area contributed by atoms with E-state index in [0.29, 0.717) is 17.8 Å². The van der Waals surface area contributed by atoms with Gasteiger partial charge in [0, 0.05) is 23.4 Å². The van der Waals surface area contributed by atoms with E-state index in [1.54, 1.807) is 4.90 Å². The first-order valence-electron chi connectivity index (χ1n) is 11.5. The third kappa shape index (κ3) is 3.85. The molecule has 0 saturated carbocycles. The van der Waals surface area contributed by atoms with Crippen LogP contribution in [0.5, 0.6) is 0 Å². The minimum absolute atomic E-state index is 0.134. The van der Waals surface area contributed by atoms with Gasteiger partial charge in [-0.15, -0.1) is 0 Å². The summed E-state index contributed by atoms with van der Waals surface area (Å²) in [5.74, 6) is 0.380. The summed E-state index contributed by atoms with van der Waals surface area (Å²) in [5, 5.41) is 3.01. The number of benzene rings is 4. The van der Waals surface area contributed by atoms with Gasteiger partial charge in [0.25, 0.3) is 11.8 Å². The molecule has 35 heavy (non-hydrogen) atoms. The summed E-state index contributed by atoms with van der Waals surface area (Å²) in [7, 11) is 0. The topological polar surface area (TPSA) is 78.1 Å². The second kappa shape index (κ2) is 8.57. The van der Waals surface area contributed by atoms with E-state index in [1.807, 2.05) is 103 Å². The first kappa shape index (κ1) is 20.9. The Morgan fingerprint density at radius 2 is 1.57 bits per heavy atom. The fourth-order valence-electron chi connectivity index (χ4n) is 4.61.